The molecule has 108 valence electrons. The molecule has 1 aliphatic rings. The molecule has 1 unspecified atom stereocenters. The first-order valence-electron chi connectivity index (χ1n) is 5.58. The number of hydrogen-bond donors (Lipinski definition) is 0. The van der Waals surface area contributed by atoms with E-state index in [1.165, 1.54) is 20.8 Å². The first-order valence-corrected chi connectivity index (χ1v) is 6.50. The van der Waals surface area contributed by atoms with Crippen molar-refractivity contribution in [1.82, 2.24) is 0 Å². The van der Waals surface area contributed by atoms with Crippen molar-refractivity contribution in [3.05, 3.63) is 0 Å². The van der Waals surface area contributed by atoms with E-state index in [0.29, 0.717) is 0 Å². The monoisotopic (exact) mass is 338 g/mol. The molecule has 0 spiro atoms. The molecule has 1 heterocycles. The van der Waals surface area contributed by atoms with Crippen LogP contribution in [0.2, 0.25) is 0 Å². The van der Waals surface area contributed by atoms with E-state index in [4.69, 9.17) is 18.9 Å². The number of carbonyl (C=O) groups excluding carboxylic acids is 3. The number of carbonyl (C=O) groups is 3. The minimum Gasteiger partial charge on any atom is -0.456 e. The summed E-state index contributed by atoms with van der Waals surface area (Å²) in [6.07, 6.45) is -2.62. The van der Waals surface area contributed by atoms with Gasteiger partial charge in [-0.2, -0.15) is 0 Å². The number of hydrogen-bond acceptors (Lipinski definition) is 7. The van der Waals surface area contributed by atoms with E-state index in [9.17, 15) is 14.4 Å². The molecule has 0 aromatic rings. The Hall–Kier alpha value is -1.15. The van der Waals surface area contributed by atoms with Gasteiger partial charge in [-0.25, -0.2) is 0 Å². The molecule has 0 bridgehead atoms. The van der Waals surface area contributed by atoms with Gasteiger partial charge in [0.25, 0.3) is 0 Å². The summed E-state index contributed by atoms with van der Waals surface area (Å²) in [4.78, 5) is 33.2. The normalized spacial score (nSPS) is 30.3. The lowest BCUT2D eigenvalue weighted by Gasteiger charge is -2.38. The van der Waals surface area contributed by atoms with Crippen LogP contribution in [0.25, 0.3) is 0 Å². The van der Waals surface area contributed by atoms with Crippen molar-refractivity contribution in [1.29, 1.82) is 0 Å². The first-order chi connectivity index (χ1) is 8.81. The summed E-state index contributed by atoms with van der Waals surface area (Å²) in [6, 6.07) is 0. The Balaban J connectivity index is 2.89. The van der Waals surface area contributed by atoms with Crippen LogP contribution in [0.5, 0.6) is 0 Å². The second-order valence-electron chi connectivity index (χ2n) is 3.98. The smallest absolute Gasteiger partial charge is 0.303 e. The molecule has 7 nitrogen and oxygen atoms in total. The second-order valence-corrected chi connectivity index (χ2v) is 4.88. The van der Waals surface area contributed by atoms with Gasteiger partial charge in [0, 0.05) is 20.8 Å². The minimum atomic E-state index is -0.913. The van der Waals surface area contributed by atoms with Crippen LogP contribution in [-0.2, 0) is 33.3 Å². The lowest BCUT2D eigenvalue weighted by molar-refractivity contribution is -0.212. The number of rotatable bonds is 3. The fourth-order valence-corrected chi connectivity index (χ4v) is 2.26. The third kappa shape index (κ3) is 4.79. The largest absolute Gasteiger partial charge is 0.456 e. The molecule has 19 heavy (non-hydrogen) atoms. The molecule has 1 rings (SSSR count). The van der Waals surface area contributed by atoms with Crippen molar-refractivity contribution >= 4 is 33.8 Å². The van der Waals surface area contributed by atoms with Crippen LogP contribution in [0.4, 0.5) is 0 Å². The van der Waals surface area contributed by atoms with E-state index in [0.717, 1.165) is 0 Å². The highest BCUT2D eigenvalue weighted by Gasteiger charge is 2.45. The van der Waals surface area contributed by atoms with Gasteiger partial charge in [0.2, 0.25) is 0 Å². The molecule has 0 aromatic heterocycles. The predicted molar refractivity (Wildman–Crippen MR) is 65.3 cm³/mol. The van der Waals surface area contributed by atoms with Crippen molar-refractivity contribution in [3.8, 4) is 0 Å². The van der Waals surface area contributed by atoms with Gasteiger partial charge in [0.15, 0.2) is 23.3 Å². The van der Waals surface area contributed by atoms with Crippen LogP contribution in [-0.4, -0.2) is 47.8 Å². The average molecular weight is 339 g/mol. The Labute approximate surface area is 118 Å². The van der Waals surface area contributed by atoms with Crippen molar-refractivity contribution in [2.24, 2.45) is 0 Å². The van der Waals surface area contributed by atoms with Gasteiger partial charge in [-0.05, 0) is 0 Å². The lowest BCUT2D eigenvalue weighted by Crippen LogP contribution is -2.55. The molecule has 8 heteroatoms. The van der Waals surface area contributed by atoms with Crippen molar-refractivity contribution in [2.75, 3.05) is 6.61 Å². The van der Waals surface area contributed by atoms with Crippen molar-refractivity contribution in [2.45, 2.75) is 44.1 Å². The number of ether oxygens (including phenoxy) is 4. The fraction of sp³-hybridized carbons (Fsp3) is 0.727. The third-order valence-electron chi connectivity index (χ3n) is 2.29. The van der Waals surface area contributed by atoms with Crippen LogP contribution in [0.1, 0.15) is 20.8 Å². The predicted octanol–water partition coefficient (Wildman–Crippen LogP) is 0.533. The van der Waals surface area contributed by atoms with Crippen molar-refractivity contribution < 1.29 is 33.3 Å². The zero-order valence-corrected chi connectivity index (χ0v) is 12.3. The Morgan fingerprint density at radius 1 is 0.947 bits per heavy atom. The maximum atomic E-state index is 11.1. The van der Waals surface area contributed by atoms with Gasteiger partial charge in [-0.15, -0.1) is 0 Å². The second kappa shape index (κ2) is 6.85. The maximum absolute atomic E-state index is 11.1. The highest BCUT2D eigenvalue weighted by molar-refractivity contribution is 9.09. The average Bonchev–Trinajstić information content (AvgIpc) is 2.25. The summed E-state index contributed by atoms with van der Waals surface area (Å²) in [6.45, 7) is 3.70. The molecule has 4 atom stereocenters. The van der Waals surface area contributed by atoms with Crippen LogP contribution in [0, 0.1) is 0 Å². The third-order valence-corrected chi connectivity index (χ3v) is 3.08. The lowest BCUT2D eigenvalue weighted by atomic mass is 10.1. The molecular formula is C11H15BrO7. The van der Waals surface area contributed by atoms with E-state index >= 15 is 0 Å². The molecule has 0 aromatic carbocycles. The molecule has 0 N–H and O–H groups in total. The number of esters is 3. The maximum Gasteiger partial charge on any atom is 0.303 e. The first kappa shape index (κ1) is 15.9. The van der Waals surface area contributed by atoms with Crippen LogP contribution in [0.3, 0.4) is 0 Å². The topological polar surface area (TPSA) is 88.1 Å². The quantitative estimate of drug-likeness (QED) is 0.421. The highest BCUT2D eigenvalue weighted by Crippen LogP contribution is 2.27. The van der Waals surface area contributed by atoms with E-state index in [-0.39, 0.29) is 6.61 Å². The summed E-state index contributed by atoms with van der Waals surface area (Å²) >= 11 is 3.18. The Kier molecular flexibility index (Phi) is 5.74. The fourth-order valence-electron chi connectivity index (χ4n) is 1.70. The standard InChI is InChI=1S/C11H15BrO7/c1-5(13)17-8-4-16-11(12)10(19-7(3)15)9(8)18-6(2)14/h8-11H,4H2,1-3H3/t8-,9-,10+,11?/m1/s1. The zero-order chi connectivity index (χ0) is 14.6. The number of alkyl halides is 1. The molecule has 1 fully saturated rings. The molecule has 0 saturated carbocycles. The van der Waals surface area contributed by atoms with Gasteiger partial charge >= 0.3 is 17.9 Å². The Bertz CT molecular complexity index is 370. The summed E-state index contributed by atoms with van der Waals surface area (Å²) in [5, 5.41) is -0.646. The molecule has 0 aliphatic carbocycles. The molecule has 1 aliphatic heterocycles. The van der Waals surface area contributed by atoms with Gasteiger partial charge in [-0.1, -0.05) is 15.9 Å². The Morgan fingerprint density at radius 3 is 1.89 bits per heavy atom. The van der Waals surface area contributed by atoms with Crippen molar-refractivity contribution in [3.63, 3.8) is 0 Å². The van der Waals surface area contributed by atoms with E-state index < -0.39 is 41.2 Å². The van der Waals surface area contributed by atoms with Crippen LogP contribution >= 0.6 is 15.9 Å². The van der Waals surface area contributed by atoms with Gasteiger partial charge < -0.3 is 18.9 Å². The van der Waals surface area contributed by atoms with E-state index in [2.05, 4.69) is 15.9 Å². The summed E-state index contributed by atoms with van der Waals surface area (Å²) in [5.74, 6) is -1.67. The minimum absolute atomic E-state index is 0.0329. The summed E-state index contributed by atoms with van der Waals surface area (Å²) < 4.78 is 20.4. The molecule has 0 amide bonds. The molecular weight excluding hydrogens is 324 g/mol. The molecule has 0 radical (unpaired) electrons. The van der Waals surface area contributed by atoms with E-state index in [1.807, 2.05) is 0 Å². The SMILES string of the molecule is CC(=O)O[C@H]1[C@H](OC(C)=O)C(Br)OC[C@H]1OC(C)=O. The van der Waals surface area contributed by atoms with Gasteiger partial charge in [0.05, 0.1) is 6.61 Å². The summed E-state index contributed by atoms with van der Waals surface area (Å²) in [5.41, 5.74) is 0. The van der Waals surface area contributed by atoms with Crippen LogP contribution in [0.15, 0.2) is 0 Å². The van der Waals surface area contributed by atoms with E-state index in [1.54, 1.807) is 0 Å². The van der Waals surface area contributed by atoms with Gasteiger partial charge in [-0.3, -0.25) is 14.4 Å². The highest BCUT2D eigenvalue weighted by atomic mass is 79.9. The number of halogens is 1. The zero-order valence-electron chi connectivity index (χ0n) is 10.8. The van der Waals surface area contributed by atoms with Crippen LogP contribution < -0.4 is 0 Å². The summed E-state index contributed by atoms with van der Waals surface area (Å²) in [7, 11) is 0. The molecule has 1 saturated heterocycles. The Morgan fingerprint density at radius 2 is 1.42 bits per heavy atom. The van der Waals surface area contributed by atoms with Gasteiger partial charge in [0.1, 0.15) is 0 Å².